The van der Waals surface area contributed by atoms with E-state index in [0.29, 0.717) is 11.8 Å². The predicted octanol–water partition coefficient (Wildman–Crippen LogP) is 2.55. The van der Waals surface area contributed by atoms with Gasteiger partial charge >= 0.3 is 6.18 Å². The molecule has 1 saturated heterocycles. The fraction of sp³-hybridized carbons (Fsp3) is 0.267. The summed E-state index contributed by atoms with van der Waals surface area (Å²) < 4.78 is 69.6. The molecule has 2 aromatic rings. The molecule has 0 unspecified atom stereocenters. The van der Waals surface area contributed by atoms with Gasteiger partial charge in [-0.05, 0) is 30.3 Å². The number of rotatable bonds is 4. The minimum Gasteiger partial charge on any atom is -0.486 e. The lowest BCUT2D eigenvalue weighted by Gasteiger charge is -2.37. The Labute approximate surface area is 136 Å². The predicted molar refractivity (Wildman–Crippen MR) is 78.9 cm³/mol. The van der Waals surface area contributed by atoms with E-state index < -0.39 is 21.8 Å². The molecule has 0 N–H and O–H groups in total. The van der Waals surface area contributed by atoms with E-state index in [9.17, 15) is 21.6 Å². The van der Waals surface area contributed by atoms with Crippen LogP contribution in [0.3, 0.4) is 0 Å². The maximum absolute atomic E-state index is 12.7. The fourth-order valence-corrected chi connectivity index (χ4v) is 3.81. The number of halogens is 3. The summed E-state index contributed by atoms with van der Waals surface area (Å²) >= 11 is 0. The van der Waals surface area contributed by atoms with Crippen LogP contribution in [0.1, 0.15) is 5.56 Å². The van der Waals surface area contributed by atoms with E-state index in [-0.39, 0.29) is 24.1 Å². The SMILES string of the molecule is O=S(=O)(c1cccc(C(F)(F)F)c1)N1CC(Oc2cccnc2)C1. The Kier molecular flexibility index (Phi) is 4.22. The van der Waals surface area contributed by atoms with Crippen LogP contribution in [0.4, 0.5) is 13.2 Å². The number of hydrogen-bond donors (Lipinski definition) is 0. The summed E-state index contributed by atoms with van der Waals surface area (Å²) in [6.07, 6.45) is -1.86. The molecule has 0 atom stereocenters. The summed E-state index contributed by atoms with van der Waals surface area (Å²) in [6.45, 7) is 0.154. The average Bonchev–Trinajstić information content (AvgIpc) is 2.50. The second-order valence-electron chi connectivity index (χ2n) is 5.28. The lowest BCUT2D eigenvalue weighted by molar-refractivity contribution is -0.137. The molecule has 9 heteroatoms. The van der Waals surface area contributed by atoms with Crippen molar-refractivity contribution in [3.63, 3.8) is 0 Å². The largest absolute Gasteiger partial charge is 0.486 e. The van der Waals surface area contributed by atoms with Crippen LogP contribution in [0.2, 0.25) is 0 Å². The number of alkyl halides is 3. The normalized spacial score (nSPS) is 16.6. The van der Waals surface area contributed by atoms with E-state index in [2.05, 4.69) is 4.98 Å². The van der Waals surface area contributed by atoms with Crippen molar-refractivity contribution in [2.24, 2.45) is 0 Å². The van der Waals surface area contributed by atoms with Gasteiger partial charge in [-0.25, -0.2) is 8.42 Å². The third kappa shape index (κ3) is 3.36. The molecule has 1 aliphatic heterocycles. The fourth-order valence-electron chi connectivity index (χ4n) is 2.26. The Morgan fingerprint density at radius 2 is 1.92 bits per heavy atom. The Bertz CT molecular complexity index is 819. The number of nitrogens with zero attached hydrogens (tertiary/aromatic N) is 2. The van der Waals surface area contributed by atoms with E-state index in [4.69, 9.17) is 4.74 Å². The maximum Gasteiger partial charge on any atom is 0.416 e. The molecule has 0 aliphatic carbocycles. The van der Waals surface area contributed by atoms with Crippen LogP contribution >= 0.6 is 0 Å². The Morgan fingerprint density at radius 3 is 2.54 bits per heavy atom. The highest BCUT2D eigenvalue weighted by Crippen LogP contribution is 2.32. The van der Waals surface area contributed by atoms with E-state index in [1.807, 2.05) is 0 Å². The summed E-state index contributed by atoms with van der Waals surface area (Å²) in [5.74, 6) is 0.513. The second-order valence-corrected chi connectivity index (χ2v) is 7.21. The molecular weight excluding hydrogens is 345 g/mol. The van der Waals surface area contributed by atoms with Gasteiger partial charge in [0.2, 0.25) is 10.0 Å². The zero-order valence-electron chi connectivity index (χ0n) is 12.3. The Hall–Kier alpha value is -2.13. The number of pyridine rings is 1. The molecule has 0 amide bonds. The molecule has 3 rings (SSSR count). The third-order valence-electron chi connectivity index (χ3n) is 3.55. The van der Waals surface area contributed by atoms with Crippen LogP contribution in [-0.4, -0.2) is 36.9 Å². The molecule has 1 aromatic heterocycles. The molecule has 5 nitrogen and oxygen atoms in total. The first kappa shape index (κ1) is 16.7. The van der Waals surface area contributed by atoms with Gasteiger partial charge in [-0.2, -0.15) is 17.5 Å². The topological polar surface area (TPSA) is 59.5 Å². The van der Waals surface area contributed by atoms with Crippen molar-refractivity contribution in [2.45, 2.75) is 17.2 Å². The van der Waals surface area contributed by atoms with E-state index in [1.54, 1.807) is 18.3 Å². The van der Waals surface area contributed by atoms with Gasteiger partial charge in [-0.1, -0.05) is 6.07 Å². The number of benzene rings is 1. The van der Waals surface area contributed by atoms with E-state index >= 15 is 0 Å². The standard InChI is InChI=1S/C15H13F3N2O3S/c16-15(17,18)11-3-1-5-14(7-11)24(21,22)20-9-13(10-20)23-12-4-2-6-19-8-12/h1-8,13H,9-10H2. The van der Waals surface area contributed by atoms with Crippen LogP contribution in [0, 0.1) is 0 Å². The third-order valence-corrected chi connectivity index (χ3v) is 5.38. The van der Waals surface area contributed by atoms with Gasteiger partial charge in [0, 0.05) is 6.20 Å². The Morgan fingerprint density at radius 1 is 1.17 bits per heavy atom. The van der Waals surface area contributed by atoms with Gasteiger partial charge in [-0.15, -0.1) is 0 Å². The van der Waals surface area contributed by atoms with Crippen molar-refractivity contribution in [2.75, 3.05) is 13.1 Å². The number of hydrogen-bond acceptors (Lipinski definition) is 4. The minimum absolute atomic E-state index is 0.0769. The Balaban J connectivity index is 1.70. The molecule has 0 radical (unpaired) electrons. The van der Waals surface area contributed by atoms with Crippen LogP contribution in [0.15, 0.2) is 53.7 Å². The average molecular weight is 358 g/mol. The van der Waals surface area contributed by atoms with Crippen LogP contribution in [-0.2, 0) is 16.2 Å². The molecule has 1 fully saturated rings. The summed E-state index contributed by atoms with van der Waals surface area (Å²) in [7, 11) is -3.97. The smallest absolute Gasteiger partial charge is 0.416 e. The van der Waals surface area contributed by atoms with Crippen molar-refractivity contribution >= 4 is 10.0 Å². The van der Waals surface area contributed by atoms with Gasteiger partial charge < -0.3 is 4.74 Å². The molecule has 2 heterocycles. The van der Waals surface area contributed by atoms with E-state index in [0.717, 1.165) is 22.5 Å². The first-order chi connectivity index (χ1) is 11.3. The van der Waals surface area contributed by atoms with Gasteiger partial charge in [0.15, 0.2) is 0 Å². The molecule has 24 heavy (non-hydrogen) atoms. The second kappa shape index (κ2) is 6.06. The first-order valence-corrected chi connectivity index (χ1v) is 8.45. The number of aromatic nitrogens is 1. The highest BCUT2D eigenvalue weighted by molar-refractivity contribution is 7.89. The van der Waals surface area contributed by atoms with Crippen LogP contribution < -0.4 is 4.74 Å². The highest BCUT2D eigenvalue weighted by atomic mass is 32.2. The van der Waals surface area contributed by atoms with Crippen LogP contribution in [0.5, 0.6) is 5.75 Å². The number of ether oxygens (including phenoxy) is 1. The van der Waals surface area contributed by atoms with E-state index in [1.165, 1.54) is 6.20 Å². The quantitative estimate of drug-likeness (QED) is 0.843. The zero-order valence-corrected chi connectivity index (χ0v) is 13.1. The number of sulfonamides is 1. The van der Waals surface area contributed by atoms with Crippen molar-refractivity contribution in [1.29, 1.82) is 0 Å². The van der Waals surface area contributed by atoms with Gasteiger partial charge in [0.05, 0.1) is 29.7 Å². The summed E-state index contributed by atoms with van der Waals surface area (Å²) in [6, 6.07) is 7.09. The molecule has 1 aliphatic rings. The lowest BCUT2D eigenvalue weighted by Crippen LogP contribution is -2.55. The summed E-state index contributed by atoms with van der Waals surface area (Å²) in [5, 5.41) is 0. The molecule has 1 aromatic carbocycles. The molecule has 0 bridgehead atoms. The van der Waals surface area contributed by atoms with Crippen molar-refractivity contribution in [1.82, 2.24) is 9.29 Å². The molecule has 128 valence electrons. The van der Waals surface area contributed by atoms with Gasteiger partial charge in [0.25, 0.3) is 0 Å². The molecule has 0 spiro atoms. The molecule has 0 saturated carbocycles. The highest BCUT2D eigenvalue weighted by Gasteiger charge is 2.39. The monoisotopic (exact) mass is 358 g/mol. The van der Waals surface area contributed by atoms with Crippen LogP contribution in [0.25, 0.3) is 0 Å². The minimum atomic E-state index is -4.59. The van der Waals surface area contributed by atoms with Crippen molar-refractivity contribution in [3.05, 3.63) is 54.4 Å². The lowest BCUT2D eigenvalue weighted by atomic mass is 10.2. The maximum atomic E-state index is 12.7. The van der Waals surface area contributed by atoms with Crippen molar-refractivity contribution < 1.29 is 26.3 Å². The zero-order chi connectivity index (χ0) is 17.4. The van der Waals surface area contributed by atoms with Gasteiger partial charge in [0.1, 0.15) is 11.9 Å². The first-order valence-electron chi connectivity index (χ1n) is 7.01. The van der Waals surface area contributed by atoms with Gasteiger partial charge in [-0.3, -0.25) is 4.98 Å². The summed E-state index contributed by atoms with van der Waals surface area (Å²) in [4.78, 5) is 3.50. The molecular formula is C15H13F3N2O3S. The van der Waals surface area contributed by atoms with Crippen molar-refractivity contribution in [3.8, 4) is 5.75 Å². The summed E-state index contributed by atoms with van der Waals surface area (Å²) in [5.41, 5.74) is -0.993.